The summed E-state index contributed by atoms with van der Waals surface area (Å²) in [5, 5.41) is 0. The van der Waals surface area contributed by atoms with Crippen molar-refractivity contribution in [3.8, 4) is 0 Å². The molecule has 1 fully saturated rings. The highest BCUT2D eigenvalue weighted by Gasteiger charge is 2.37. The average Bonchev–Trinajstić information content (AvgIpc) is 2.61. The number of aryl methyl sites for hydroxylation is 1. The predicted octanol–water partition coefficient (Wildman–Crippen LogP) is 4.02. The van der Waals surface area contributed by atoms with E-state index in [1.807, 2.05) is 42.2 Å². The van der Waals surface area contributed by atoms with E-state index in [4.69, 9.17) is 4.74 Å². The molecule has 1 saturated heterocycles. The Hall–Kier alpha value is -2.20. The summed E-state index contributed by atoms with van der Waals surface area (Å²) in [6.45, 7) is 9.54. The van der Waals surface area contributed by atoms with Gasteiger partial charge in [-0.05, 0) is 30.0 Å². The van der Waals surface area contributed by atoms with Crippen molar-refractivity contribution in [2.45, 2.75) is 39.9 Å². The Kier molecular flexibility index (Phi) is 4.91. The predicted molar refractivity (Wildman–Crippen MR) is 98.4 cm³/mol. The van der Waals surface area contributed by atoms with Gasteiger partial charge in [-0.3, -0.25) is 9.78 Å². The number of aromatic nitrogens is 1. The van der Waals surface area contributed by atoms with Gasteiger partial charge < -0.3 is 9.64 Å². The number of rotatable bonds is 2. The lowest BCUT2D eigenvalue weighted by Gasteiger charge is -2.43. The Morgan fingerprint density at radius 1 is 1.12 bits per heavy atom. The molecule has 1 aliphatic heterocycles. The maximum atomic E-state index is 13.0. The molecule has 1 amide bonds. The summed E-state index contributed by atoms with van der Waals surface area (Å²) in [6.07, 6.45) is 1.53. The van der Waals surface area contributed by atoms with Gasteiger partial charge in [0.25, 0.3) is 5.91 Å². The molecule has 0 N–H and O–H groups in total. The minimum atomic E-state index is -0.110. The number of carbonyl (C=O) groups excluding carboxylic acids is 1. The SMILES string of the molecule is Cc1ccc(C(=O)N2C[C@@H](c3ccccc3)O[C@@H](C(C)(C)C)C2)cn1. The first kappa shape index (κ1) is 17.6. The van der Waals surface area contributed by atoms with Gasteiger partial charge in [-0.2, -0.15) is 0 Å². The maximum absolute atomic E-state index is 13.0. The summed E-state index contributed by atoms with van der Waals surface area (Å²) in [7, 11) is 0. The van der Waals surface area contributed by atoms with Crippen LogP contribution in [-0.4, -0.2) is 35.0 Å². The Labute approximate surface area is 149 Å². The lowest BCUT2D eigenvalue weighted by molar-refractivity contribution is -0.119. The number of benzene rings is 1. The summed E-state index contributed by atoms with van der Waals surface area (Å²) in [5.74, 6) is 0.0194. The summed E-state index contributed by atoms with van der Waals surface area (Å²) < 4.78 is 6.36. The van der Waals surface area contributed by atoms with Crippen molar-refractivity contribution in [1.29, 1.82) is 0 Å². The number of hydrogen-bond donors (Lipinski definition) is 0. The number of morpholine rings is 1. The largest absolute Gasteiger partial charge is 0.366 e. The van der Waals surface area contributed by atoms with Gasteiger partial charge in [0.1, 0.15) is 6.10 Å². The highest BCUT2D eigenvalue weighted by atomic mass is 16.5. The Balaban J connectivity index is 1.87. The highest BCUT2D eigenvalue weighted by molar-refractivity contribution is 5.94. The normalized spacial score (nSPS) is 21.2. The van der Waals surface area contributed by atoms with Crippen LogP contribution in [0.5, 0.6) is 0 Å². The average molecular weight is 338 g/mol. The number of nitrogens with zero attached hydrogens (tertiary/aromatic N) is 2. The van der Waals surface area contributed by atoms with Gasteiger partial charge >= 0.3 is 0 Å². The molecule has 2 aromatic rings. The first-order valence-electron chi connectivity index (χ1n) is 8.77. The quantitative estimate of drug-likeness (QED) is 0.830. The number of amides is 1. The van der Waals surface area contributed by atoms with Gasteiger partial charge in [-0.25, -0.2) is 0 Å². The first-order chi connectivity index (χ1) is 11.8. The molecule has 0 bridgehead atoms. The Morgan fingerprint density at radius 3 is 2.44 bits per heavy atom. The van der Waals surface area contributed by atoms with Crippen molar-refractivity contribution in [2.75, 3.05) is 13.1 Å². The van der Waals surface area contributed by atoms with E-state index in [-0.39, 0.29) is 23.5 Å². The minimum Gasteiger partial charge on any atom is -0.366 e. The number of ether oxygens (including phenoxy) is 1. The van der Waals surface area contributed by atoms with Crippen LogP contribution in [0.15, 0.2) is 48.7 Å². The van der Waals surface area contributed by atoms with Crippen LogP contribution >= 0.6 is 0 Å². The van der Waals surface area contributed by atoms with Gasteiger partial charge in [-0.1, -0.05) is 51.1 Å². The van der Waals surface area contributed by atoms with Crippen molar-refractivity contribution < 1.29 is 9.53 Å². The fourth-order valence-corrected chi connectivity index (χ4v) is 3.03. The molecule has 132 valence electrons. The topological polar surface area (TPSA) is 42.4 Å². The third-order valence-corrected chi connectivity index (χ3v) is 4.68. The van der Waals surface area contributed by atoms with Crippen LogP contribution in [0, 0.1) is 12.3 Å². The summed E-state index contributed by atoms with van der Waals surface area (Å²) in [5.41, 5.74) is 2.61. The molecule has 2 atom stereocenters. The van der Waals surface area contributed by atoms with E-state index in [2.05, 4.69) is 37.9 Å². The van der Waals surface area contributed by atoms with Crippen LogP contribution in [-0.2, 0) is 4.74 Å². The molecule has 0 aliphatic carbocycles. The number of hydrogen-bond acceptors (Lipinski definition) is 3. The lowest BCUT2D eigenvalue weighted by atomic mass is 9.87. The van der Waals surface area contributed by atoms with E-state index in [9.17, 15) is 4.79 Å². The van der Waals surface area contributed by atoms with Crippen molar-refractivity contribution in [3.63, 3.8) is 0 Å². The molecule has 1 aromatic heterocycles. The molecular weight excluding hydrogens is 312 g/mol. The van der Waals surface area contributed by atoms with E-state index in [1.54, 1.807) is 6.20 Å². The van der Waals surface area contributed by atoms with E-state index in [1.165, 1.54) is 0 Å². The van der Waals surface area contributed by atoms with E-state index >= 15 is 0 Å². The zero-order chi connectivity index (χ0) is 18.0. The van der Waals surface area contributed by atoms with Crippen LogP contribution in [0.25, 0.3) is 0 Å². The van der Waals surface area contributed by atoms with E-state index in [0.717, 1.165) is 11.3 Å². The molecule has 0 saturated carbocycles. The molecule has 1 aliphatic rings. The fourth-order valence-electron chi connectivity index (χ4n) is 3.03. The van der Waals surface area contributed by atoms with Crippen LogP contribution in [0.2, 0.25) is 0 Å². The maximum Gasteiger partial charge on any atom is 0.255 e. The molecule has 0 spiro atoms. The fraction of sp³-hybridized carbons (Fsp3) is 0.429. The molecule has 1 aromatic carbocycles. The van der Waals surface area contributed by atoms with Crippen molar-refractivity contribution >= 4 is 5.91 Å². The first-order valence-corrected chi connectivity index (χ1v) is 8.77. The standard InChI is InChI=1S/C21H26N2O2/c1-15-10-11-17(12-22-15)20(24)23-13-18(16-8-6-5-7-9-16)25-19(14-23)21(2,3)4/h5-12,18-19H,13-14H2,1-4H3/t18-,19+/m0/s1. The molecule has 25 heavy (non-hydrogen) atoms. The Morgan fingerprint density at radius 2 is 1.84 bits per heavy atom. The molecule has 0 radical (unpaired) electrons. The molecule has 2 heterocycles. The minimum absolute atomic E-state index is 0.0194. The Bertz CT molecular complexity index is 720. The highest BCUT2D eigenvalue weighted by Crippen LogP contribution is 2.33. The summed E-state index contributed by atoms with van der Waals surface area (Å²) in [4.78, 5) is 19.2. The second-order valence-corrected chi connectivity index (χ2v) is 7.79. The lowest BCUT2D eigenvalue weighted by Crippen LogP contribution is -2.51. The van der Waals surface area contributed by atoms with Gasteiger partial charge in [0.05, 0.1) is 18.2 Å². The zero-order valence-corrected chi connectivity index (χ0v) is 15.4. The van der Waals surface area contributed by atoms with E-state index < -0.39 is 0 Å². The van der Waals surface area contributed by atoms with Gasteiger partial charge in [0.15, 0.2) is 0 Å². The second-order valence-electron chi connectivity index (χ2n) is 7.79. The number of carbonyl (C=O) groups is 1. The summed E-state index contributed by atoms with van der Waals surface area (Å²) >= 11 is 0. The van der Waals surface area contributed by atoms with Crippen LogP contribution in [0.1, 0.15) is 48.5 Å². The molecule has 0 unspecified atom stereocenters. The monoisotopic (exact) mass is 338 g/mol. The van der Waals surface area contributed by atoms with Crippen molar-refractivity contribution in [2.24, 2.45) is 5.41 Å². The van der Waals surface area contributed by atoms with Crippen molar-refractivity contribution in [1.82, 2.24) is 9.88 Å². The molecule has 3 rings (SSSR count). The summed E-state index contributed by atoms with van der Waals surface area (Å²) in [6, 6.07) is 13.9. The second kappa shape index (κ2) is 6.96. The van der Waals surface area contributed by atoms with Crippen molar-refractivity contribution in [3.05, 3.63) is 65.5 Å². The molecule has 4 nitrogen and oxygen atoms in total. The van der Waals surface area contributed by atoms with Crippen LogP contribution in [0.3, 0.4) is 0 Å². The third-order valence-electron chi connectivity index (χ3n) is 4.68. The molecule has 4 heteroatoms. The van der Waals surface area contributed by atoms with Gasteiger partial charge in [-0.15, -0.1) is 0 Å². The molecular formula is C21H26N2O2. The smallest absolute Gasteiger partial charge is 0.255 e. The van der Waals surface area contributed by atoms with Crippen LogP contribution in [0.4, 0.5) is 0 Å². The van der Waals surface area contributed by atoms with Gasteiger partial charge in [0.2, 0.25) is 0 Å². The van der Waals surface area contributed by atoms with Crippen LogP contribution < -0.4 is 0 Å². The zero-order valence-electron chi connectivity index (χ0n) is 15.4. The number of pyridine rings is 1. The van der Waals surface area contributed by atoms with Gasteiger partial charge in [0, 0.05) is 18.4 Å². The third kappa shape index (κ3) is 4.07. The van der Waals surface area contributed by atoms with E-state index in [0.29, 0.717) is 18.7 Å².